The third kappa shape index (κ3) is 3.06. The second-order valence-electron chi connectivity index (χ2n) is 3.93. The highest BCUT2D eigenvalue weighted by molar-refractivity contribution is 9.10. The molecule has 0 bridgehead atoms. The number of hydrogen-bond acceptors (Lipinski definition) is 3. The van der Waals surface area contributed by atoms with E-state index in [1.54, 1.807) is 4.90 Å². The number of anilines is 1. The summed E-state index contributed by atoms with van der Waals surface area (Å²) in [6.45, 7) is 0.651. The first-order chi connectivity index (χ1) is 8.20. The van der Waals surface area contributed by atoms with Gasteiger partial charge in [0.05, 0.1) is 12.6 Å². The monoisotopic (exact) mass is 299 g/mol. The smallest absolute Gasteiger partial charge is 0.253 e. The molecule has 1 aliphatic rings. The van der Waals surface area contributed by atoms with E-state index < -0.39 is 0 Å². The Kier molecular flexibility index (Phi) is 4.15. The van der Waals surface area contributed by atoms with Crippen LogP contribution in [0.2, 0.25) is 0 Å². The summed E-state index contributed by atoms with van der Waals surface area (Å²) in [4.78, 5) is 13.5. The molecular weight excluding hydrogens is 286 g/mol. The molecule has 1 amide bonds. The molecule has 1 fully saturated rings. The molecule has 0 aromatic heterocycles. The zero-order valence-corrected chi connectivity index (χ0v) is 10.9. The fraction of sp³-hybridized carbons (Fsp3) is 0.417. The fourth-order valence-corrected chi connectivity index (χ4v) is 2.22. The average Bonchev–Trinajstić information content (AvgIpc) is 2.32. The molecule has 1 aliphatic heterocycles. The topological polar surface area (TPSA) is 49.8 Å². The zero-order chi connectivity index (χ0) is 12.3. The van der Waals surface area contributed by atoms with Gasteiger partial charge in [0.2, 0.25) is 0 Å². The van der Waals surface area contributed by atoms with E-state index in [0.717, 1.165) is 10.2 Å². The maximum atomic E-state index is 11.8. The van der Waals surface area contributed by atoms with Crippen LogP contribution in [0.3, 0.4) is 0 Å². The fourth-order valence-electron chi connectivity index (χ4n) is 1.84. The average molecular weight is 300 g/mol. The first-order valence-electron chi connectivity index (χ1n) is 5.49. The van der Waals surface area contributed by atoms with Crippen LogP contribution in [0.15, 0.2) is 28.7 Å². The van der Waals surface area contributed by atoms with Crippen molar-refractivity contribution in [2.45, 2.75) is 12.5 Å². The first kappa shape index (κ1) is 12.5. The van der Waals surface area contributed by atoms with E-state index in [0.29, 0.717) is 13.0 Å². The van der Waals surface area contributed by atoms with Crippen LogP contribution in [-0.4, -0.2) is 36.9 Å². The van der Waals surface area contributed by atoms with Gasteiger partial charge < -0.3 is 14.7 Å². The summed E-state index contributed by atoms with van der Waals surface area (Å²) in [5, 5.41) is 8.89. The van der Waals surface area contributed by atoms with Gasteiger partial charge in [-0.15, -0.1) is 0 Å². The second kappa shape index (κ2) is 5.62. The molecule has 1 N–H and O–H groups in total. The summed E-state index contributed by atoms with van der Waals surface area (Å²) in [6, 6.07) is 7.60. The summed E-state index contributed by atoms with van der Waals surface area (Å²) in [5.74, 6) is -0.0442. The molecule has 0 saturated carbocycles. The predicted octanol–water partition coefficient (Wildman–Crippen LogP) is 1.56. The molecule has 0 spiro atoms. The van der Waals surface area contributed by atoms with E-state index in [2.05, 4.69) is 15.9 Å². The van der Waals surface area contributed by atoms with Crippen molar-refractivity contribution in [3.8, 4) is 0 Å². The predicted molar refractivity (Wildman–Crippen MR) is 67.9 cm³/mol. The van der Waals surface area contributed by atoms with Gasteiger partial charge in [-0.3, -0.25) is 4.79 Å². The lowest BCUT2D eigenvalue weighted by Gasteiger charge is -2.32. The molecule has 4 nitrogen and oxygen atoms in total. The molecule has 1 aromatic carbocycles. The van der Waals surface area contributed by atoms with Crippen molar-refractivity contribution < 1.29 is 14.6 Å². The van der Waals surface area contributed by atoms with E-state index >= 15 is 0 Å². The van der Waals surface area contributed by atoms with Gasteiger partial charge in [-0.1, -0.05) is 22.0 Å². The van der Waals surface area contributed by atoms with Crippen LogP contribution >= 0.6 is 15.9 Å². The summed E-state index contributed by atoms with van der Waals surface area (Å²) >= 11 is 3.39. The molecule has 1 heterocycles. The maximum Gasteiger partial charge on any atom is 0.253 e. The number of amides is 1. The van der Waals surface area contributed by atoms with Crippen LogP contribution in [0.4, 0.5) is 5.69 Å². The van der Waals surface area contributed by atoms with Crippen LogP contribution in [0.5, 0.6) is 0 Å². The van der Waals surface area contributed by atoms with Crippen molar-refractivity contribution in [2.24, 2.45) is 0 Å². The number of benzene rings is 1. The van der Waals surface area contributed by atoms with Crippen molar-refractivity contribution in [2.75, 3.05) is 24.7 Å². The Morgan fingerprint density at radius 3 is 3.06 bits per heavy atom. The number of nitrogens with zero attached hydrogens (tertiary/aromatic N) is 1. The van der Waals surface area contributed by atoms with Crippen LogP contribution < -0.4 is 4.90 Å². The van der Waals surface area contributed by atoms with Gasteiger partial charge >= 0.3 is 0 Å². The van der Waals surface area contributed by atoms with Crippen LogP contribution in [0, 0.1) is 0 Å². The highest BCUT2D eigenvalue weighted by atomic mass is 79.9. The molecule has 92 valence electrons. The molecule has 1 aromatic rings. The molecule has 1 atom stereocenters. The number of morpholine rings is 1. The Morgan fingerprint density at radius 1 is 1.53 bits per heavy atom. The van der Waals surface area contributed by atoms with Gasteiger partial charge in [-0.25, -0.2) is 0 Å². The van der Waals surface area contributed by atoms with E-state index in [1.165, 1.54) is 0 Å². The SMILES string of the molecule is O=C1COC(CCO)CN1c1cccc(Br)c1. The second-order valence-corrected chi connectivity index (χ2v) is 4.85. The molecule has 2 rings (SSSR count). The first-order valence-corrected chi connectivity index (χ1v) is 6.28. The van der Waals surface area contributed by atoms with E-state index in [4.69, 9.17) is 9.84 Å². The number of ether oxygens (including phenoxy) is 1. The van der Waals surface area contributed by atoms with E-state index in [1.807, 2.05) is 24.3 Å². The standard InChI is InChI=1S/C12H14BrNO3/c13-9-2-1-3-10(6-9)14-7-11(4-5-15)17-8-12(14)16/h1-3,6,11,15H,4-5,7-8H2. The molecular formula is C12H14BrNO3. The van der Waals surface area contributed by atoms with Crippen molar-refractivity contribution in [3.63, 3.8) is 0 Å². The third-order valence-electron chi connectivity index (χ3n) is 2.70. The van der Waals surface area contributed by atoms with Crippen molar-refractivity contribution in [1.82, 2.24) is 0 Å². The van der Waals surface area contributed by atoms with E-state index in [-0.39, 0.29) is 25.2 Å². The molecule has 17 heavy (non-hydrogen) atoms. The minimum absolute atomic E-state index is 0.0442. The Morgan fingerprint density at radius 2 is 2.35 bits per heavy atom. The molecule has 0 aliphatic carbocycles. The van der Waals surface area contributed by atoms with E-state index in [9.17, 15) is 4.79 Å². The van der Waals surface area contributed by atoms with Gasteiger partial charge in [0, 0.05) is 16.8 Å². The number of rotatable bonds is 3. The molecule has 5 heteroatoms. The number of hydrogen-bond donors (Lipinski definition) is 1. The normalized spacial score (nSPS) is 20.7. The van der Waals surface area contributed by atoms with Crippen LogP contribution in [-0.2, 0) is 9.53 Å². The quantitative estimate of drug-likeness (QED) is 0.921. The molecule has 0 radical (unpaired) electrons. The van der Waals surface area contributed by atoms with Crippen LogP contribution in [0.25, 0.3) is 0 Å². The lowest BCUT2D eigenvalue weighted by molar-refractivity contribution is -0.129. The Balaban J connectivity index is 2.15. The third-order valence-corrected chi connectivity index (χ3v) is 3.19. The minimum atomic E-state index is -0.0864. The number of carbonyl (C=O) groups is 1. The Hall–Kier alpha value is -0.910. The summed E-state index contributed by atoms with van der Waals surface area (Å²) < 4.78 is 6.29. The number of aliphatic hydroxyl groups excluding tert-OH is 1. The molecule has 1 unspecified atom stereocenters. The van der Waals surface area contributed by atoms with Gasteiger partial charge in [-0.05, 0) is 24.6 Å². The maximum absolute atomic E-state index is 11.8. The van der Waals surface area contributed by atoms with Gasteiger partial charge in [0.25, 0.3) is 5.91 Å². The summed E-state index contributed by atoms with van der Waals surface area (Å²) in [6.07, 6.45) is 0.467. The largest absolute Gasteiger partial charge is 0.396 e. The highest BCUT2D eigenvalue weighted by Crippen LogP contribution is 2.23. The van der Waals surface area contributed by atoms with Gasteiger partial charge in [0.15, 0.2) is 0 Å². The van der Waals surface area contributed by atoms with Gasteiger partial charge in [-0.2, -0.15) is 0 Å². The van der Waals surface area contributed by atoms with Crippen molar-refractivity contribution in [3.05, 3.63) is 28.7 Å². The number of halogens is 1. The number of carbonyl (C=O) groups excluding carboxylic acids is 1. The number of aliphatic hydroxyl groups is 1. The molecule has 1 saturated heterocycles. The summed E-state index contributed by atoms with van der Waals surface area (Å²) in [5.41, 5.74) is 0.857. The Labute approximate surface area is 108 Å². The van der Waals surface area contributed by atoms with Crippen molar-refractivity contribution >= 4 is 27.5 Å². The van der Waals surface area contributed by atoms with Crippen LogP contribution in [0.1, 0.15) is 6.42 Å². The lowest BCUT2D eigenvalue weighted by atomic mass is 10.2. The lowest BCUT2D eigenvalue weighted by Crippen LogP contribution is -2.47. The van der Waals surface area contributed by atoms with Gasteiger partial charge in [0.1, 0.15) is 6.61 Å². The minimum Gasteiger partial charge on any atom is -0.396 e. The summed E-state index contributed by atoms with van der Waals surface area (Å²) in [7, 11) is 0. The Bertz CT molecular complexity index is 410. The highest BCUT2D eigenvalue weighted by Gasteiger charge is 2.26. The zero-order valence-electron chi connectivity index (χ0n) is 9.30. The van der Waals surface area contributed by atoms with Crippen molar-refractivity contribution in [1.29, 1.82) is 0 Å².